The number of nitrogens with zero attached hydrogens (tertiary/aromatic N) is 2. The molecule has 0 N–H and O–H groups in total. The minimum Gasteiger partial charge on any atom is -0.341 e. The molecule has 4 heteroatoms. The van der Waals surface area contributed by atoms with E-state index in [0.717, 1.165) is 44.3 Å². The van der Waals surface area contributed by atoms with E-state index in [1.165, 1.54) is 5.56 Å². The van der Waals surface area contributed by atoms with Crippen molar-refractivity contribution in [2.75, 3.05) is 26.2 Å². The molecule has 1 aromatic rings. The second kappa shape index (κ2) is 8.70. The largest absolute Gasteiger partial charge is 0.341 e. The summed E-state index contributed by atoms with van der Waals surface area (Å²) in [5.74, 6) is 0.295. The molecule has 4 nitrogen and oxygen atoms in total. The lowest BCUT2D eigenvalue weighted by Gasteiger charge is -2.22. The van der Waals surface area contributed by atoms with Crippen LogP contribution in [0.4, 0.5) is 0 Å². The van der Waals surface area contributed by atoms with Gasteiger partial charge in [-0.1, -0.05) is 32.4 Å². The Kier molecular flexibility index (Phi) is 6.63. The quantitative estimate of drug-likeness (QED) is 0.837. The number of carbonyl (C=O) groups is 2. The molecule has 1 aliphatic heterocycles. The van der Waals surface area contributed by atoms with Crippen LogP contribution in [0, 0.1) is 0 Å². The van der Waals surface area contributed by atoms with Crippen molar-refractivity contribution in [1.82, 2.24) is 9.80 Å². The summed E-state index contributed by atoms with van der Waals surface area (Å²) >= 11 is 0. The molecule has 0 saturated carbocycles. The van der Waals surface area contributed by atoms with Crippen LogP contribution in [0.1, 0.15) is 55.5 Å². The van der Waals surface area contributed by atoms with Gasteiger partial charge in [-0.15, -0.1) is 0 Å². The summed E-state index contributed by atoms with van der Waals surface area (Å²) in [7, 11) is 0. The molecule has 0 aliphatic carbocycles. The molecule has 0 spiro atoms. The van der Waals surface area contributed by atoms with Gasteiger partial charge in [0.2, 0.25) is 5.91 Å². The molecule has 1 aliphatic rings. The normalized spacial score (nSPS) is 15.4. The van der Waals surface area contributed by atoms with Gasteiger partial charge in [-0.25, -0.2) is 0 Å². The predicted octanol–water partition coefficient (Wildman–Crippen LogP) is 3.11. The van der Waals surface area contributed by atoms with Crippen molar-refractivity contribution < 1.29 is 9.59 Å². The predicted molar refractivity (Wildman–Crippen MR) is 92.4 cm³/mol. The maximum atomic E-state index is 12.6. The fourth-order valence-corrected chi connectivity index (χ4v) is 3.03. The number of rotatable bonds is 5. The van der Waals surface area contributed by atoms with Crippen molar-refractivity contribution >= 4 is 11.8 Å². The standard InChI is InChI=1S/C19H28N2O2/c1-3-6-16-8-10-17(11-9-16)19(23)21-13-5-12-20(14-15-21)18(22)7-4-2/h8-11H,3-7,12-15H2,1-2H3. The van der Waals surface area contributed by atoms with Crippen LogP contribution in [-0.4, -0.2) is 47.8 Å². The first kappa shape index (κ1) is 17.5. The van der Waals surface area contributed by atoms with Crippen molar-refractivity contribution in [2.45, 2.75) is 46.0 Å². The van der Waals surface area contributed by atoms with Crippen LogP contribution in [0.3, 0.4) is 0 Å². The van der Waals surface area contributed by atoms with Gasteiger partial charge in [0.15, 0.2) is 0 Å². The number of hydrogen-bond acceptors (Lipinski definition) is 2. The van der Waals surface area contributed by atoms with Crippen LogP contribution in [0.2, 0.25) is 0 Å². The average Bonchev–Trinajstić information content (AvgIpc) is 2.81. The van der Waals surface area contributed by atoms with Crippen LogP contribution in [0.25, 0.3) is 0 Å². The highest BCUT2D eigenvalue weighted by molar-refractivity contribution is 5.94. The summed E-state index contributed by atoms with van der Waals surface area (Å²) in [6, 6.07) is 7.95. The zero-order valence-corrected chi connectivity index (χ0v) is 14.4. The van der Waals surface area contributed by atoms with E-state index in [0.29, 0.717) is 19.5 Å². The van der Waals surface area contributed by atoms with Crippen molar-refractivity contribution in [3.05, 3.63) is 35.4 Å². The Bertz CT molecular complexity index is 525. The molecule has 0 aromatic heterocycles. The van der Waals surface area contributed by atoms with E-state index in [1.807, 2.05) is 41.0 Å². The monoisotopic (exact) mass is 316 g/mol. The summed E-state index contributed by atoms with van der Waals surface area (Å²) in [4.78, 5) is 28.5. The number of amides is 2. The molecule has 1 fully saturated rings. The second-order valence-electron chi connectivity index (χ2n) is 6.22. The zero-order valence-electron chi connectivity index (χ0n) is 14.4. The Morgan fingerprint density at radius 3 is 2.22 bits per heavy atom. The average molecular weight is 316 g/mol. The lowest BCUT2D eigenvalue weighted by molar-refractivity contribution is -0.131. The van der Waals surface area contributed by atoms with Crippen LogP contribution in [0.15, 0.2) is 24.3 Å². The minimum atomic E-state index is 0.0813. The maximum Gasteiger partial charge on any atom is 0.253 e. The second-order valence-corrected chi connectivity index (χ2v) is 6.22. The third-order valence-corrected chi connectivity index (χ3v) is 4.34. The number of carbonyl (C=O) groups excluding carboxylic acids is 2. The van der Waals surface area contributed by atoms with Crippen molar-refractivity contribution in [2.24, 2.45) is 0 Å². The zero-order chi connectivity index (χ0) is 16.7. The molecule has 23 heavy (non-hydrogen) atoms. The number of benzene rings is 1. The van der Waals surface area contributed by atoms with Crippen molar-refractivity contribution in [1.29, 1.82) is 0 Å². The van der Waals surface area contributed by atoms with E-state index in [2.05, 4.69) is 6.92 Å². The fraction of sp³-hybridized carbons (Fsp3) is 0.579. The molecule has 1 saturated heterocycles. The molecule has 2 rings (SSSR count). The van der Waals surface area contributed by atoms with E-state index in [9.17, 15) is 9.59 Å². The highest BCUT2D eigenvalue weighted by Crippen LogP contribution is 2.12. The first-order valence-corrected chi connectivity index (χ1v) is 8.81. The van der Waals surface area contributed by atoms with Crippen molar-refractivity contribution in [3.8, 4) is 0 Å². The van der Waals surface area contributed by atoms with Gasteiger partial charge in [-0.3, -0.25) is 9.59 Å². The van der Waals surface area contributed by atoms with Crippen LogP contribution in [0.5, 0.6) is 0 Å². The van der Waals surface area contributed by atoms with Gasteiger partial charge in [0.05, 0.1) is 0 Å². The minimum absolute atomic E-state index is 0.0813. The van der Waals surface area contributed by atoms with Crippen LogP contribution in [-0.2, 0) is 11.2 Å². The van der Waals surface area contributed by atoms with Gasteiger partial charge in [0.25, 0.3) is 5.91 Å². The number of hydrogen-bond donors (Lipinski definition) is 0. The van der Waals surface area contributed by atoms with Gasteiger partial charge < -0.3 is 9.80 Å². The summed E-state index contributed by atoms with van der Waals surface area (Å²) < 4.78 is 0. The summed E-state index contributed by atoms with van der Waals surface area (Å²) in [6.07, 6.45) is 4.50. The van der Waals surface area contributed by atoms with Gasteiger partial charge in [-0.2, -0.15) is 0 Å². The maximum absolute atomic E-state index is 12.6. The first-order valence-electron chi connectivity index (χ1n) is 8.81. The molecule has 126 valence electrons. The molecule has 0 atom stereocenters. The Morgan fingerprint density at radius 1 is 0.913 bits per heavy atom. The molecular weight excluding hydrogens is 288 g/mol. The molecule has 1 aromatic carbocycles. The van der Waals surface area contributed by atoms with E-state index in [-0.39, 0.29) is 11.8 Å². The fourth-order valence-electron chi connectivity index (χ4n) is 3.03. The Hall–Kier alpha value is -1.84. The van der Waals surface area contributed by atoms with E-state index in [1.54, 1.807) is 0 Å². The smallest absolute Gasteiger partial charge is 0.253 e. The molecular formula is C19H28N2O2. The highest BCUT2D eigenvalue weighted by Gasteiger charge is 2.22. The summed E-state index contributed by atoms with van der Waals surface area (Å²) in [5.41, 5.74) is 2.02. The SMILES string of the molecule is CCCC(=O)N1CCCN(C(=O)c2ccc(CCC)cc2)CC1. The molecule has 0 radical (unpaired) electrons. The van der Waals surface area contributed by atoms with E-state index >= 15 is 0 Å². The molecule has 1 heterocycles. The third-order valence-electron chi connectivity index (χ3n) is 4.34. The van der Waals surface area contributed by atoms with Gasteiger partial charge in [0.1, 0.15) is 0 Å². The lowest BCUT2D eigenvalue weighted by Crippen LogP contribution is -2.37. The Balaban J connectivity index is 1.96. The number of aryl methyl sites for hydroxylation is 1. The molecule has 0 bridgehead atoms. The van der Waals surface area contributed by atoms with Crippen LogP contribution < -0.4 is 0 Å². The van der Waals surface area contributed by atoms with Gasteiger partial charge in [0, 0.05) is 38.2 Å². The summed E-state index contributed by atoms with van der Waals surface area (Å²) in [5, 5.41) is 0. The third kappa shape index (κ3) is 4.81. The molecule has 2 amide bonds. The summed E-state index contributed by atoms with van der Waals surface area (Å²) in [6.45, 7) is 6.95. The topological polar surface area (TPSA) is 40.6 Å². The van der Waals surface area contributed by atoms with Gasteiger partial charge in [-0.05, 0) is 37.0 Å². The van der Waals surface area contributed by atoms with E-state index < -0.39 is 0 Å². The van der Waals surface area contributed by atoms with Gasteiger partial charge >= 0.3 is 0 Å². The molecule has 0 unspecified atom stereocenters. The first-order chi connectivity index (χ1) is 11.2. The highest BCUT2D eigenvalue weighted by atomic mass is 16.2. The van der Waals surface area contributed by atoms with Crippen molar-refractivity contribution in [3.63, 3.8) is 0 Å². The Labute approximate surface area is 139 Å². The van der Waals surface area contributed by atoms with Crippen LogP contribution >= 0.6 is 0 Å². The Morgan fingerprint density at radius 2 is 1.57 bits per heavy atom. The lowest BCUT2D eigenvalue weighted by atomic mass is 10.1. The van der Waals surface area contributed by atoms with E-state index in [4.69, 9.17) is 0 Å².